The van der Waals surface area contributed by atoms with Crippen LogP contribution in [0.25, 0.3) is 10.9 Å². The van der Waals surface area contributed by atoms with Crippen LogP contribution < -0.4 is 15.5 Å². The van der Waals surface area contributed by atoms with Crippen LogP contribution in [0, 0.1) is 0 Å². The molecule has 1 aromatic carbocycles. The third kappa shape index (κ3) is 3.04. The predicted octanol–water partition coefficient (Wildman–Crippen LogP) is 1.80. The summed E-state index contributed by atoms with van der Waals surface area (Å²) in [5, 5.41) is 8.08. The molecule has 3 aromatic rings. The highest BCUT2D eigenvalue weighted by molar-refractivity contribution is 6.05. The van der Waals surface area contributed by atoms with Gasteiger partial charge >= 0.3 is 6.36 Å². The molecule has 0 aliphatic carbocycles. The zero-order valence-electron chi connectivity index (χ0n) is 11.6. The van der Waals surface area contributed by atoms with Gasteiger partial charge in [0.2, 0.25) is 11.4 Å². The van der Waals surface area contributed by atoms with Gasteiger partial charge in [0, 0.05) is 6.20 Å². The molecule has 0 aliphatic rings. The third-order valence-corrected chi connectivity index (χ3v) is 2.99. The average Bonchev–Trinajstić information content (AvgIpc) is 2.99. The van der Waals surface area contributed by atoms with Gasteiger partial charge < -0.3 is 9.72 Å². The minimum Gasteiger partial charge on any atom is -0.404 e. The number of alkyl halides is 3. The summed E-state index contributed by atoms with van der Waals surface area (Å²) in [7, 11) is 0. The maximum Gasteiger partial charge on any atom is 0.573 e. The Labute approximate surface area is 130 Å². The lowest BCUT2D eigenvalue weighted by Gasteiger charge is -2.11. The van der Waals surface area contributed by atoms with E-state index in [0.29, 0.717) is 0 Å². The molecule has 2 heterocycles. The average molecular weight is 339 g/mol. The van der Waals surface area contributed by atoms with Gasteiger partial charge in [-0.15, -0.1) is 13.2 Å². The molecule has 0 atom stereocenters. The molecule has 0 saturated carbocycles. The van der Waals surface area contributed by atoms with E-state index in [9.17, 15) is 22.8 Å². The van der Waals surface area contributed by atoms with Gasteiger partial charge in [-0.1, -0.05) is 6.07 Å². The Balaban J connectivity index is 2.02. The number of carbonyl (C=O) groups is 1. The Bertz CT molecular complexity index is 950. The van der Waals surface area contributed by atoms with E-state index in [-0.39, 0.29) is 22.4 Å². The summed E-state index contributed by atoms with van der Waals surface area (Å²) in [6.45, 7) is 0. The van der Waals surface area contributed by atoms with Crippen molar-refractivity contribution in [1.29, 1.82) is 0 Å². The zero-order valence-corrected chi connectivity index (χ0v) is 11.6. The van der Waals surface area contributed by atoms with Gasteiger partial charge in [-0.25, -0.2) is 5.10 Å². The smallest absolute Gasteiger partial charge is 0.404 e. The Morgan fingerprint density at radius 1 is 1.29 bits per heavy atom. The van der Waals surface area contributed by atoms with Crippen molar-refractivity contribution in [3.8, 4) is 5.75 Å². The maximum absolute atomic E-state index is 12.4. The molecule has 2 aromatic heterocycles. The zero-order chi connectivity index (χ0) is 17.3. The van der Waals surface area contributed by atoms with Crippen LogP contribution in [-0.2, 0) is 0 Å². The summed E-state index contributed by atoms with van der Waals surface area (Å²) in [6, 6.07) is 3.55. The first kappa shape index (κ1) is 15.5. The quantitative estimate of drug-likeness (QED) is 0.673. The second-order valence-electron chi connectivity index (χ2n) is 4.55. The van der Waals surface area contributed by atoms with Crippen molar-refractivity contribution in [3.63, 3.8) is 0 Å². The minimum atomic E-state index is -4.91. The fourth-order valence-electron chi connectivity index (χ4n) is 2.04. The summed E-state index contributed by atoms with van der Waals surface area (Å²) in [5.74, 6) is -1.34. The van der Waals surface area contributed by atoms with Crippen LogP contribution in [0.1, 0.15) is 10.4 Å². The van der Waals surface area contributed by atoms with Crippen LogP contribution in [0.15, 0.2) is 35.5 Å². The predicted molar refractivity (Wildman–Crippen MR) is 75.6 cm³/mol. The van der Waals surface area contributed by atoms with E-state index in [1.165, 1.54) is 12.1 Å². The number of nitrogens with zero attached hydrogens (tertiary/aromatic N) is 2. The van der Waals surface area contributed by atoms with Crippen LogP contribution in [0.4, 0.5) is 19.1 Å². The van der Waals surface area contributed by atoms with Crippen LogP contribution in [0.2, 0.25) is 0 Å². The first-order chi connectivity index (χ1) is 11.3. The molecule has 1 amide bonds. The van der Waals surface area contributed by atoms with E-state index in [1.54, 1.807) is 0 Å². The Morgan fingerprint density at radius 3 is 2.75 bits per heavy atom. The molecule has 0 fully saturated rings. The molecule has 0 unspecified atom stereocenters. The summed E-state index contributed by atoms with van der Waals surface area (Å²) in [5.41, 5.74) is -1.23. The normalized spacial score (nSPS) is 11.5. The number of amides is 1. The van der Waals surface area contributed by atoms with Gasteiger partial charge in [-0.05, 0) is 12.1 Å². The highest BCUT2D eigenvalue weighted by atomic mass is 19.4. The van der Waals surface area contributed by atoms with Gasteiger partial charge in [-0.2, -0.15) is 10.1 Å². The van der Waals surface area contributed by atoms with Crippen molar-refractivity contribution in [1.82, 2.24) is 20.2 Å². The highest BCUT2D eigenvalue weighted by Gasteiger charge is 2.32. The summed E-state index contributed by atoms with van der Waals surface area (Å²) < 4.78 is 41.0. The van der Waals surface area contributed by atoms with Crippen molar-refractivity contribution in [2.75, 3.05) is 5.32 Å². The lowest BCUT2D eigenvalue weighted by Crippen LogP contribution is -2.23. The molecule has 124 valence electrons. The van der Waals surface area contributed by atoms with E-state index < -0.39 is 23.4 Å². The number of halogens is 3. The number of aromatic nitrogens is 4. The summed E-state index contributed by atoms with van der Waals surface area (Å²) >= 11 is 0. The number of aromatic amines is 2. The maximum atomic E-state index is 12.4. The Hall–Kier alpha value is -3.37. The second kappa shape index (κ2) is 5.68. The van der Waals surface area contributed by atoms with E-state index >= 15 is 0 Å². The number of para-hydroxylation sites is 1. The van der Waals surface area contributed by atoms with Crippen molar-refractivity contribution in [2.24, 2.45) is 0 Å². The molecule has 24 heavy (non-hydrogen) atoms. The molecule has 0 radical (unpaired) electrons. The number of nitrogens with one attached hydrogen (secondary N) is 3. The molecule has 0 bridgehead atoms. The monoisotopic (exact) mass is 339 g/mol. The van der Waals surface area contributed by atoms with Gasteiger partial charge in [0.1, 0.15) is 11.9 Å². The van der Waals surface area contributed by atoms with Gasteiger partial charge in [0.05, 0.1) is 10.9 Å². The molecule has 0 spiro atoms. The van der Waals surface area contributed by atoms with Gasteiger partial charge in [-0.3, -0.25) is 14.9 Å². The van der Waals surface area contributed by atoms with E-state index in [2.05, 4.69) is 30.2 Å². The number of carbonyl (C=O) groups excluding carboxylic acids is 1. The lowest BCUT2D eigenvalue weighted by molar-refractivity contribution is -0.274. The Morgan fingerprint density at radius 2 is 2.08 bits per heavy atom. The number of hydrogen-bond donors (Lipinski definition) is 3. The number of rotatable bonds is 3. The van der Waals surface area contributed by atoms with Crippen LogP contribution >= 0.6 is 0 Å². The number of anilines is 1. The molecule has 3 N–H and O–H groups in total. The van der Waals surface area contributed by atoms with Gasteiger partial charge in [0.15, 0.2) is 5.75 Å². The topological polar surface area (TPSA) is 113 Å². The SMILES string of the molecule is O=C(Nc1ncn[nH]1)c1c[nH]c2c(OC(F)(F)F)cccc2c1=O. The van der Waals surface area contributed by atoms with Crippen molar-refractivity contribution in [2.45, 2.75) is 6.36 Å². The van der Waals surface area contributed by atoms with Crippen LogP contribution in [0.3, 0.4) is 0 Å². The minimum absolute atomic E-state index is 0.0219. The number of hydrogen-bond acceptors (Lipinski definition) is 5. The molecular weight excluding hydrogens is 331 g/mol. The first-order valence-corrected chi connectivity index (χ1v) is 6.42. The van der Waals surface area contributed by atoms with E-state index in [4.69, 9.17) is 0 Å². The molecule has 11 heteroatoms. The molecule has 0 aliphatic heterocycles. The van der Waals surface area contributed by atoms with Gasteiger partial charge in [0.25, 0.3) is 5.91 Å². The standard InChI is InChI=1S/C13H8F3N5O3/c14-13(15,16)24-8-3-1-2-6-9(8)17-4-7(10(6)22)11(23)20-12-18-5-19-21-12/h1-5H,(H,17,22)(H2,18,19,20,21,23). The molecule has 0 saturated heterocycles. The number of fused-ring (bicyclic) bond motifs is 1. The van der Waals surface area contributed by atoms with Crippen molar-refractivity contribution < 1.29 is 22.7 Å². The van der Waals surface area contributed by atoms with E-state index in [0.717, 1.165) is 18.6 Å². The molecule has 3 rings (SSSR count). The van der Waals surface area contributed by atoms with Crippen molar-refractivity contribution >= 4 is 22.8 Å². The van der Waals surface area contributed by atoms with Crippen molar-refractivity contribution in [3.05, 3.63) is 46.5 Å². The Kier molecular flexibility index (Phi) is 3.67. The van der Waals surface area contributed by atoms with E-state index in [1.807, 2.05) is 0 Å². The fraction of sp³-hybridized carbons (Fsp3) is 0.0769. The summed E-state index contributed by atoms with van der Waals surface area (Å²) in [4.78, 5) is 30.6. The first-order valence-electron chi connectivity index (χ1n) is 6.42. The van der Waals surface area contributed by atoms with Crippen LogP contribution in [-0.4, -0.2) is 32.4 Å². The number of benzene rings is 1. The second-order valence-corrected chi connectivity index (χ2v) is 4.55. The number of ether oxygens (including phenoxy) is 1. The number of H-pyrrole nitrogens is 2. The number of pyridine rings is 1. The molecule has 8 nitrogen and oxygen atoms in total. The highest BCUT2D eigenvalue weighted by Crippen LogP contribution is 2.28. The fourth-order valence-corrected chi connectivity index (χ4v) is 2.04. The third-order valence-electron chi connectivity index (χ3n) is 2.99. The van der Waals surface area contributed by atoms with Crippen LogP contribution in [0.5, 0.6) is 5.75 Å². The lowest BCUT2D eigenvalue weighted by atomic mass is 10.1. The largest absolute Gasteiger partial charge is 0.573 e. The summed E-state index contributed by atoms with van der Waals surface area (Å²) in [6.07, 6.45) is -2.76. The molecular formula is C13H8F3N5O3.